The van der Waals surface area contributed by atoms with Crippen molar-refractivity contribution in [3.63, 3.8) is 0 Å². The quantitative estimate of drug-likeness (QED) is 0.696. The number of carbonyl (C=O) groups excluding carboxylic acids is 1. The second kappa shape index (κ2) is 7.39. The third-order valence-corrected chi connectivity index (χ3v) is 3.16. The van der Waals surface area contributed by atoms with Gasteiger partial charge in [-0.1, -0.05) is 17.3 Å². The van der Waals surface area contributed by atoms with Crippen molar-refractivity contribution in [2.75, 3.05) is 6.61 Å². The number of benzene rings is 1. The maximum atomic E-state index is 13.4. The first-order valence-electron chi connectivity index (χ1n) is 7.28. The first-order chi connectivity index (χ1) is 12.1. The fourth-order valence-corrected chi connectivity index (χ4v) is 1.96. The largest absolute Gasteiger partial charge is 0.481 e. The van der Waals surface area contributed by atoms with Crippen LogP contribution in [0.4, 0.5) is 4.39 Å². The molecule has 1 aromatic carbocycles. The number of para-hydroxylation sites is 1. The summed E-state index contributed by atoms with van der Waals surface area (Å²) in [4.78, 5) is 29.9. The number of H-pyrrole nitrogens is 1. The molecular formula is C16H13FN4O4. The summed E-state index contributed by atoms with van der Waals surface area (Å²) in [5.41, 5.74) is -0.0936. The standard InChI is InChI=1S/C16H13FN4O4/c17-11-5-1-2-6-12(11)24-9-13(22)19-8-14-20-15(21-25-14)10-4-3-7-18-16(10)23/h1-7H,8-9H2,(H,18,23)(H,19,22). The maximum Gasteiger partial charge on any atom is 0.259 e. The van der Waals surface area contributed by atoms with Gasteiger partial charge in [0.05, 0.1) is 12.1 Å². The number of carbonyl (C=O) groups is 1. The van der Waals surface area contributed by atoms with E-state index in [2.05, 4.69) is 20.4 Å². The lowest BCUT2D eigenvalue weighted by Crippen LogP contribution is -2.28. The van der Waals surface area contributed by atoms with Crippen LogP contribution in [-0.2, 0) is 11.3 Å². The van der Waals surface area contributed by atoms with Crippen LogP contribution in [0.25, 0.3) is 11.4 Å². The Morgan fingerprint density at radius 1 is 1.28 bits per heavy atom. The summed E-state index contributed by atoms with van der Waals surface area (Å²) in [6, 6.07) is 8.96. The van der Waals surface area contributed by atoms with Crippen molar-refractivity contribution in [2.45, 2.75) is 6.54 Å². The Hall–Kier alpha value is -3.49. The molecule has 0 aliphatic heterocycles. The van der Waals surface area contributed by atoms with E-state index in [1.54, 1.807) is 18.2 Å². The molecule has 0 saturated heterocycles. The maximum absolute atomic E-state index is 13.4. The Balaban J connectivity index is 1.54. The highest BCUT2D eigenvalue weighted by Crippen LogP contribution is 2.15. The molecule has 0 radical (unpaired) electrons. The third kappa shape index (κ3) is 4.08. The fraction of sp³-hybridized carbons (Fsp3) is 0.125. The highest BCUT2D eigenvalue weighted by Gasteiger charge is 2.13. The average Bonchev–Trinajstić information content (AvgIpc) is 3.08. The van der Waals surface area contributed by atoms with Gasteiger partial charge in [-0.05, 0) is 24.3 Å². The van der Waals surface area contributed by atoms with Gasteiger partial charge in [-0.25, -0.2) is 4.39 Å². The number of aromatic amines is 1. The van der Waals surface area contributed by atoms with Gasteiger partial charge in [-0.3, -0.25) is 9.59 Å². The smallest absolute Gasteiger partial charge is 0.259 e. The zero-order chi connectivity index (χ0) is 17.6. The van der Waals surface area contributed by atoms with Crippen LogP contribution in [0.2, 0.25) is 0 Å². The van der Waals surface area contributed by atoms with Crippen LogP contribution in [0.15, 0.2) is 51.9 Å². The van der Waals surface area contributed by atoms with Crippen LogP contribution in [-0.4, -0.2) is 27.6 Å². The highest BCUT2D eigenvalue weighted by atomic mass is 19.1. The van der Waals surface area contributed by atoms with Crippen molar-refractivity contribution in [1.29, 1.82) is 0 Å². The normalized spacial score (nSPS) is 10.4. The molecule has 0 saturated carbocycles. The number of pyridine rings is 1. The van der Waals surface area contributed by atoms with Crippen molar-refractivity contribution < 1.29 is 18.4 Å². The second-order valence-corrected chi connectivity index (χ2v) is 4.92. The van der Waals surface area contributed by atoms with Crippen molar-refractivity contribution in [3.05, 3.63) is 64.7 Å². The Bertz CT molecular complexity index is 937. The summed E-state index contributed by atoms with van der Waals surface area (Å²) in [7, 11) is 0. The molecule has 9 heteroatoms. The van der Waals surface area contributed by atoms with E-state index in [0.717, 1.165) is 0 Å². The molecular weight excluding hydrogens is 331 g/mol. The Labute approximate surface area is 140 Å². The lowest BCUT2D eigenvalue weighted by molar-refractivity contribution is -0.123. The Morgan fingerprint density at radius 3 is 2.92 bits per heavy atom. The van der Waals surface area contributed by atoms with Gasteiger partial charge in [0, 0.05) is 6.20 Å². The molecule has 0 bridgehead atoms. The summed E-state index contributed by atoms with van der Waals surface area (Å²) in [5.74, 6) is -0.808. The molecule has 1 amide bonds. The summed E-state index contributed by atoms with van der Waals surface area (Å²) in [6.07, 6.45) is 1.49. The minimum atomic E-state index is -0.551. The number of rotatable bonds is 6. The molecule has 0 aliphatic rings. The number of halogens is 1. The molecule has 8 nitrogen and oxygen atoms in total. The Morgan fingerprint density at radius 2 is 2.12 bits per heavy atom. The van der Waals surface area contributed by atoms with Crippen LogP contribution in [0, 0.1) is 5.82 Å². The van der Waals surface area contributed by atoms with E-state index in [0.29, 0.717) is 0 Å². The van der Waals surface area contributed by atoms with Gasteiger partial charge in [-0.15, -0.1) is 0 Å². The molecule has 0 atom stereocenters. The van der Waals surface area contributed by atoms with E-state index in [9.17, 15) is 14.0 Å². The van der Waals surface area contributed by atoms with E-state index in [-0.39, 0.29) is 41.7 Å². The van der Waals surface area contributed by atoms with Gasteiger partial charge in [-0.2, -0.15) is 4.98 Å². The van der Waals surface area contributed by atoms with E-state index < -0.39 is 11.7 Å². The molecule has 25 heavy (non-hydrogen) atoms. The zero-order valence-electron chi connectivity index (χ0n) is 12.9. The number of hydrogen-bond acceptors (Lipinski definition) is 6. The van der Waals surface area contributed by atoms with Gasteiger partial charge in [0.2, 0.25) is 11.7 Å². The van der Waals surface area contributed by atoms with Gasteiger partial charge < -0.3 is 19.6 Å². The number of amides is 1. The predicted octanol–water partition coefficient (Wildman–Crippen LogP) is 1.26. The monoisotopic (exact) mass is 344 g/mol. The molecule has 0 spiro atoms. The van der Waals surface area contributed by atoms with Gasteiger partial charge in [0.25, 0.3) is 11.5 Å². The van der Waals surface area contributed by atoms with Crippen molar-refractivity contribution in [3.8, 4) is 17.1 Å². The number of ether oxygens (including phenoxy) is 1. The van der Waals surface area contributed by atoms with E-state index >= 15 is 0 Å². The molecule has 2 aromatic heterocycles. The van der Waals surface area contributed by atoms with Gasteiger partial charge in [0.1, 0.15) is 0 Å². The Kier molecular flexibility index (Phi) is 4.84. The van der Waals surface area contributed by atoms with E-state index in [4.69, 9.17) is 9.26 Å². The summed E-state index contributed by atoms with van der Waals surface area (Å²) < 4.78 is 23.4. The summed E-state index contributed by atoms with van der Waals surface area (Å²) >= 11 is 0. The third-order valence-electron chi connectivity index (χ3n) is 3.16. The fourth-order valence-electron chi connectivity index (χ4n) is 1.96. The van der Waals surface area contributed by atoms with Crippen LogP contribution < -0.4 is 15.6 Å². The average molecular weight is 344 g/mol. The molecule has 0 fully saturated rings. The lowest BCUT2D eigenvalue weighted by atomic mass is 10.3. The topological polar surface area (TPSA) is 110 Å². The minimum absolute atomic E-state index is 0.0129. The summed E-state index contributed by atoms with van der Waals surface area (Å²) in [6.45, 7) is -0.405. The molecule has 3 rings (SSSR count). The first-order valence-corrected chi connectivity index (χ1v) is 7.28. The van der Waals surface area contributed by atoms with Crippen molar-refractivity contribution in [2.24, 2.45) is 0 Å². The molecule has 0 aliphatic carbocycles. The SMILES string of the molecule is O=C(COc1ccccc1F)NCc1nc(-c2ccc[nH]c2=O)no1. The van der Waals surface area contributed by atoms with Gasteiger partial charge >= 0.3 is 0 Å². The number of hydrogen-bond donors (Lipinski definition) is 2. The van der Waals surface area contributed by atoms with Crippen molar-refractivity contribution in [1.82, 2.24) is 20.4 Å². The van der Waals surface area contributed by atoms with Gasteiger partial charge in [0.15, 0.2) is 18.2 Å². The predicted molar refractivity (Wildman–Crippen MR) is 84.1 cm³/mol. The molecule has 3 aromatic rings. The number of nitrogens with one attached hydrogen (secondary N) is 2. The van der Waals surface area contributed by atoms with Crippen molar-refractivity contribution >= 4 is 5.91 Å². The highest BCUT2D eigenvalue weighted by molar-refractivity contribution is 5.77. The zero-order valence-corrected chi connectivity index (χ0v) is 12.9. The molecule has 128 valence electrons. The first kappa shape index (κ1) is 16.4. The molecule has 2 N–H and O–H groups in total. The van der Waals surface area contributed by atoms with Crippen LogP contribution >= 0.6 is 0 Å². The van der Waals surface area contributed by atoms with Crippen LogP contribution in [0.1, 0.15) is 5.89 Å². The van der Waals surface area contributed by atoms with Crippen LogP contribution in [0.5, 0.6) is 5.75 Å². The molecule has 2 heterocycles. The number of aromatic nitrogens is 3. The van der Waals surface area contributed by atoms with Crippen LogP contribution in [0.3, 0.4) is 0 Å². The van der Waals surface area contributed by atoms with E-state index in [1.807, 2.05) is 0 Å². The second-order valence-electron chi connectivity index (χ2n) is 4.92. The molecule has 0 unspecified atom stereocenters. The summed E-state index contributed by atoms with van der Waals surface area (Å²) in [5, 5.41) is 6.19. The van der Waals surface area contributed by atoms with E-state index in [1.165, 1.54) is 24.4 Å². The lowest BCUT2D eigenvalue weighted by Gasteiger charge is -2.06. The number of nitrogens with zero attached hydrogens (tertiary/aromatic N) is 2. The minimum Gasteiger partial charge on any atom is -0.481 e.